The molecule has 1 fully saturated rings. The van der Waals surface area contributed by atoms with E-state index in [4.69, 9.17) is 21.1 Å². The summed E-state index contributed by atoms with van der Waals surface area (Å²) in [5, 5.41) is 0.140. The van der Waals surface area contributed by atoms with Gasteiger partial charge in [0.1, 0.15) is 12.4 Å². The number of hydrogen-bond donors (Lipinski definition) is 0. The van der Waals surface area contributed by atoms with Crippen molar-refractivity contribution >= 4 is 27.6 Å². The van der Waals surface area contributed by atoms with Crippen LogP contribution in [0.5, 0.6) is 5.75 Å². The van der Waals surface area contributed by atoms with Crippen LogP contribution in [0.15, 0.2) is 41.3 Å². The van der Waals surface area contributed by atoms with Gasteiger partial charge >= 0.3 is 5.97 Å². The van der Waals surface area contributed by atoms with Crippen molar-refractivity contribution in [2.75, 3.05) is 20.2 Å². The summed E-state index contributed by atoms with van der Waals surface area (Å²) in [6.45, 7) is 2.88. The Morgan fingerprint density at radius 3 is 2.54 bits per heavy atom. The lowest BCUT2D eigenvalue weighted by Crippen LogP contribution is -2.28. The lowest BCUT2D eigenvalue weighted by atomic mass is 10.1. The molecule has 0 unspecified atom stereocenters. The molecule has 0 radical (unpaired) electrons. The molecule has 0 atom stereocenters. The van der Waals surface area contributed by atoms with E-state index >= 15 is 0 Å². The molecule has 0 aliphatic carbocycles. The summed E-state index contributed by atoms with van der Waals surface area (Å²) in [7, 11) is -2.11. The van der Waals surface area contributed by atoms with Crippen LogP contribution in [-0.4, -0.2) is 38.9 Å². The van der Waals surface area contributed by atoms with Gasteiger partial charge in [-0.05, 0) is 50.1 Å². The summed E-state index contributed by atoms with van der Waals surface area (Å²) in [6, 6.07) is 9.67. The average Bonchev–Trinajstić information content (AvgIpc) is 3.22. The summed E-state index contributed by atoms with van der Waals surface area (Å²) >= 11 is 6.13. The Balaban J connectivity index is 1.81. The molecule has 1 saturated heterocycles. The van der Waals surface area contributed by atoms with E-state index in [9.17, 15) is 13.2 Å². The number of methoxy groups -OCH3 is 1. The van der Waals surface area contributed by atoms with Gasteiger partial charge in [-0.1, -0.05) is 23.2 Å². The maximum absolute atomic E-state index is 12.7. The number of benzene rings is 2. The molecule has 2 aromatic rings. The molecule has 1 heterocycles. The molecule has 0 spiro atoms. The molecule has 150 valence electrons. The lowest BCUT2D eigenvalue weighted by Gasteiger charge is -2.16. The minimum atomic E-state index is -3.65. The van der Waals surface area contributed by atoms with Gasteiger partial charge in [-0.15, -0.1) is 0 Å². The maximum atomic E-state index is 12.7. The summed E-state index contributed by atoms with van der Waals surface area (Å²) < 4.78 is 37.5. The highest BCUT2D eigenvalue weighted by atomic mass is 35.5. The van der Waals surface area contributed by atoms with E-state index < -0.39 is 16.0 Å². The fourth-order valence-electron chi connectivity index (χ4n) is 3.14. The number of nitrogens with zero attached hydrogens (tertiary/aromatic N) is 1. The van der Waals surface area contributed by atoms with E-state index in [-0.39, 0.29) is 22.1 Å². The quantitative estimate of drug-likeness (QED) is 0.661. The second-order valence-electron chi connectivity index (χ2n) is 6.64. The normalized spacial score (nSPS) is 14.8. The number of carbonyl (C=O) groups excluding carboxylic acids is 1. The molecule has 6 nitrogen and oxygen atoms in total. The number of hydrogen-bond acceptors (Lipinski definition) is 5. The summed E-state index contributed by atoms with van der Waals surface area (Å²) in [6.07, 6.45) is 1.67. The van der Waals surface area contributed by atoms with Crippen LogP contribution in [0.4, 0.5) is 0 Å². The van der Waals surface area contributed by atoms with Crippen LogP contribution in [0.2, 0.25) is 5.02 Å². The number of ether oxygens (including phenoxy) is 2. The molecule has 0 saturated carbocycles. The predicted molar refractivity (Wildman–Crippen MR) is 106 cm³/mol. The van der Waals surface area contributed by atoms with Gasteiger partial charge in [-0.2, -0.15) is 4.31 Å². The molecule has 1 aliphatic heterocycles. The average molecular weight is 424 g/mol. The molecular formula is C20H22ClNO5S. The van der Waals surface area contributed by atoms with Crippen molar-refractivity contribution in [3.63, 3.8) is 0 Å². The minimum absolute atomic E-state index is 0.0108. The van der Waals surface area contributed by atoms with Crippen LogP contribution >= 0.6 is 11.6 Å². The smallest absolute Gasteiger partial charge is 0.340 e. The highest BCUT2D eigenvalue weighted by Gasteiger charge is 2.28. The Labute approximate surface area is 170 Å². The van der Waals surface area contributed by atoms with Gasteiger partial charge < -0.3 is 9.47 Å². The third-order valence-electron chi connectivity index (χ3n) is 4.66. The molecule has 0 amide bonds. The third kappa shape index (κ3) is 4.32. The van der Waals surface area contributed by atoms with E-state index in [1.165, 1.54) is 22.5 Å². The highest BCUT2D eigenvalue weighted by Crippen LogP contribution is 2.27. The number of rotatable bonds is 6. The Morgan fingerprint density at radius 2 is 1.86 bits per heavy atom. The van der Waals surface area contributed by atoms with Gasteiger partial charge in [-0.25, -0.2) is 13.2 Å². The largest absolute Gasteiger partial charge is 0.496 e. The number of aryl methyl sites for hydroxylation is 1. The lowest BCUT2D eigenvalue weighted by molar-refractivity contribution is 0.0470. The van der Waals surface area contributed by atoms with Gasteiger partial charge in [0.25, 0.3) is 0 Å². The van der Waals surface area contributed by atoms with Crippen LogP contribution in [0.1, 0.15) is 34.3 Å². The van der Waals surface area contributed by atoms with Gasteiger partial charge in [0, 0.05) is 18.7 Å². The topological polar surface area (TPSA) is 72.9 Å². The van der Waals surface area contributed by atoms with E-state index in [0.717, 1.165) is 18.4 Å². The second-order valence-corrected chi connectivity index (χ2v) is 8.99. The molecule has 2 aromatic carbocycles. The van der Waals surface area contributed by atoms with Crippen LogP contribution in [0.25, 0.3) is 0 Å². The molecule has 0 N–H and O–H groups in total. The number of halogens is 1. The molecule has 28 heavy (non-hydrogen) atoms. The van der Waals surface area contributed by atoms with Crippen LogP contribution < -0.4 is 4.74 Å². The van der Waals surface area contributed by atoms with Gasteiger partial charge in [0.05, 0.1) is 22.6 Å². The van der Waals surface area contributed by atoms with Gasteiger partial charge in [-0.3, -0.25) is 0 Å². The van der Waals surface area contributed by atoms with Crippen molar-refractivity contribution in [1.82, 2.24) is 4.31 Å². The standard InChI is InChI=1S/C20H22ClNO5S/c1-14-5-8-19(26-2)15(11-14)13-27-20(23)17-12-16(6-7-18(17)21)28(24,25)22-9-3-4-10-22/h5-8,11-12H,3-4,9-10,13H2,1-2H3. The number of esters is 1. The Bertz CT molecular complexity index is 984. The third-order valence-corrected chi connectivity index (χ3v) is 6.88. The number of sulfonamides is 1. The highest BCUT2D eigenvalue weighted by molar-refractivity contribution is 7.89. The first-order chi connectivity index (χ1) is 13.3. The molecule has 8 heteroatoms. The van der Waals surface area contributed by atoms with Gasteiger partial charge in [0.15, 0.2) is 0 Å². The Morgan fingerprint density at radius 1 is 1.14 bits per heavy atom. The molecule has 0 aromatic heterocycles. The van der Waals surface area contributed by atoms with Crippen molar-refractivity contribution in [2.24, 2.45) is 0 Å². The van der Waals surface area contributed by atoms with Crippen molar-refractivity contribution in [3.8, 4) is 5.75 Å². The minimum Gasteiger partial charge on any atom is -0.496 e. The van der Waals surface area contributed by atoms with Crippen molar-refractivity contribution in [1.29, 1.82) is 0 Å². The fourth-order valence-corrected chi connectivity index (χ4v) is 4.88. The fraction of sp³-hybridized carbons (Fsp3) is 0.350. The monoisotopic (exact) mass is 423 g/mol. The first-order valence-corrected chi connectivity index (χ1v) is 10.7. The van der Waals surface area contributed by atoms with Crippen LogP contribution in [0.3, 0.4) is 0 Å². The Kier molecular flexibility index (Phi) is 6.27. The SMILES string of the molecule is COc1ccc(C)cc1COC(=O)c1cc(S(=O)(=O)N2CCCC2)ccc1Cl. The first kappa shape index (κ1) is 20.6. The van der Waals surface area contributed by atoms with E-state index in [1.807, 2.05) is 19.1 Å². The number of carbonyl (C=O) groups is 1. The molecule has 0 bridgehead atoms. The first-order valence-electron chi connectivity index (χ1n) is 8.93. The Hall–Kier alpha value is -2.09. The van der Waals surface area contributed by atoms with E-state index in [0.29, 0.717) is 24.4 Å². The van der Waals surface area contributed by atoms with Crippen LogP contribution in [0, 0.1) is 6.92 Å². The van der Waals surface area contributed by atoms with Crippen LogP contribution in [-0.2, 0) is 21.4 Å². The van der Waals surface area contributed by atoms with E-state index in [1.54, 1.807) is 13.2 Å². The zero-order valence-corrected chi connectivity index (χ0v) is 17.3. The van der Waals surface area contributed by atoms with Gasteiger partial charge in [0.2, 0.25) is 10.0 Å². The van der Waals surface area contributed by atoms with Crippen molar-refractivity contribution in [2.45, 2.75) is 31.3 Å². The van der Waals surface area contributed by atoms with E-state index in [2.05, 4.69) is 0 Å². The molecule has 3 rings (SSSR count). The van der Waals surface area contributed by atoms with Crippen molar-refractivity contribution in [3.05, 3.63) is 58.1 Å². The summed E-state index contributed by atoms with van der Waals surface area (Å²) in [5.41, 5.74) is 1.74. The predicted octanol–water partition coefficient (Wildman–Crippen LogP) is 3.80. The maximum Gasteiger partial charge on any atom is 0.340 e. The zero-order valence-electron chi connectivity index (χ0n) is 15.8. The van der Waals surface area contributed by atoms with Crippen molar-refractivity contribution < 1.29 is 22.7 Å². The summed E-state index contributed by atoms with van der Waals surface area (Å²) in [5.74, 6) is -0.0816. The second kappa shape index (κ2) is 8.51. The zero-order chi connectivity index (χ0) is 20.3. The molecule has 1 aliphatic rings. The summed E-state index contributed by atoms with van der Waals surface area (Å²) in [4.78, 5) is 12.6. The molecular weight excluding hydrogens is 402 g/mol.